The maximum Gasteiger partial charge on any atom is 0.130 e. The molecule has 102 valence electrons. The van der Waals surface area contributed by atoms with Gasteiger partial charge in [-0.25, -0.2) is 0 Å². The molecule has 0 saturated heterocycles. The summed E-state index contributed by atoms with van der Waals surface area (Å²) in [7, 11) is 1.85. The number of thiophene rings is 1. The molecule has 0 amide bonds. The fourth-order valence-corrected chi connectivity index (χ4v) is 3.39. The number of benzene rings is 1. The second-order valence-corrected chi connectivity index (χ2v) is 5.97. The van der Waals surface area contributed by atoms with E-state index >= 15 is 0 Å². The van der Waals surface area contributed by atoms with Crippen LogP contribution in [-0.2, 0) is 7.05 Å². The maximum absolute atomic E-state index is 6.32. The van der Waals surface area contributed by atoms with Crippen molar-refractivity contribution in [2.45, 2.75) is 6.92 Å². The Morgan fingerprint density at radius 2 is 2.00 bits per heavy atom. The van der Waals surface area contributed by atoms with Crippen LogP contribution in [-0.4, -0.2) is 9.78 Å². The predicted molar refractivity (Wildman–Crippen MR) is 86.1 cm³/mol. The second kappa shape index (κ2) is 4.96. The number of nitrogens with zero attached hydrogens (tertiary/aromatic N) is 2. The van der Waals surface area contributed by atoms with E-state index in [9.17, 15) is 0 Å². The van der Waals surface area contributed by atoms with E-state index in [0.29, 0.717) is 10.8 Å². The molecule has 1 aromatic carbocycles. The minimum absolute atomic E-state index is 0.626. The first-order chi connectivity index (χ1) is 9.59. The summed E-state index contributed by atoms with van der Waals surface area (Å²) in [4.78, 5) is 1.13. The third-order valence-corrected chi connectivity index (χ3v) is 4.66. The molecule has 3 aromatic rings. The molecule has 0 spiro atoms. The zero-order valence-corrected chi connectivity index (χ0v) is 12.8. The molecule has 5 heteroatoms. The van der Waals surface area contributed by atoms with Crippen molar-refractivity contribution in [2.75, 3.05) is 5.73 Å². The van der Waals surface area contributed by atoms with E-state index in [1.54, 1.807) is 16.0 Å². The van der Waals surface area contributed by atoms with Gasteiger partial charge >= 0.3 is 0 Å². The van der Waals surface area contributed by atoms with Gasteiger partial charge in [-0.1, -0.05) is 29.8 Å². The molecule has 0 bridgehead atoms. The molecule has 2 heterocycles. The minimum atomic E-state index is 0.626. The van der Waals surface area contributed by atoms with E-state index in [4.69, 9.17) is 17.3 Å². The van der Waals surface area contributed by atoms with Crippen molar-refractivity contribution in [3.05, 3.63) is 46.3 Å². The number of nitrogens with two attached hydrogens (primary N) is 1. The molecule has 0 aliphatic carbocycles. The van der Waals surface area contributed by atoms with Gasteiger partial charge in [-0.3, -0.25) is 4.68 Å². The van der Waals surface area contributed by atoms with Gasteiger partial charge in [-0.15, -0.1) is 11.3 Å². The van der Waals surface area contributed by atoms with Gasteiger partial charge in [-0.05, 0) is 30.0 Å². The highest BCUT2D eigenvalue weighted by atomic mass is 35.5. The lowest BCUT2D eigenvalue weighted by Crippen LogP contribution is -1.98. The first kappa shape index (κ1) is 13.2. The van der Waals surface area contributed by atoms with Crippen molar-refractivity contribution < 1.29 is 0 Å². The highest BCUT2D eigenvalue weighted by Gasteiger charge is 2.20. The van der Waals surface area contributed by atoms with Gasteiger partial charge in [0.25, 0.3) is 0 Å². The fourth-order valence-electron chi connectivity index (χ4n) is 2.24. The normalized spacial score (nSPS) is 10.9. The number of anilines is 1. The Hall–Kier alpha value is -1.78. The molecule has 0 radical (unpaired) electrons. The summed E-state index contributed by atoms with van der Waals surface area (Å²) < 4.78 is 1.70. The molecule has 0 aliphatic rings. The molecule has 0 atom stereocenters. The van der Waals surface area contributed by atoms with Crippen LogP contribution in [0.2, 0.25) is 5.02 Å². The first-order valence-electron chi connectivity index (χ1n) is 6.21. The Bertz CT molecular complexity index is 773. The molecule has 0 unspecified atom stereocenters. The number of aryl methyl sites for hydroxylation is 2. The molecule has 2 N–H and O–H groups in total. The van der Waals surface area contributed by atoms with Crippen LogP contribution in [0.25, 0.3) is 21.7 Å². The average Bonchev–Trinajstić information content (AvgIpc) is 2.96. The average molecular weight is 304 g/mol. The first-order valence-corrected chi connectivity index (χ1v) is 7.47. The molecule has 2 aromatic heterocycles. The van der Waals surface area contributed by atoms with Crippen LogP contribution in [0.5, 0.6) is 0 Å². The van der Waals surface area contributed by atoms with Crippen molar-refractivity contribution in [2.24, 2.45) is 7.05 Å². The Balaban J connectivity index is 2.31. The Morgan fingerprint density at radius 3 is 2.65 bits per heavy atom. The van der Waals surface area contributed by atoms with Gasteiger partial charge in [0.1, 0.15) is 11.5 Å². The highest BCUT2D eigenvalue weighted by Crippen LogP contribution is 2.41. The van der Waals surface area contributed by atoms with Gasteiger partial charge in [0.05, 0.1) is 10.4 Å². The smallest absolute Gasteiger partial charge is 0.130 e. The summed E-state index contributed by atoms with van der Waals surface area (Å²) in [5.41, 5.74) is 10.1. The summed E-state index contributed by atoms with van der Waals surface area (Å²) in [6, 6.07) is 9.80. The van der Waals surface area contributed by atoms with Crippen LogP contribution >= 0.6 is 22.9 Å². The van der Waals surface area contributed by atoms with Crippen LogP contribution in [0.15, 0.2) is 35.7 Å². The van der Waals surface area contributed by atoms with Crippen LogP contribution in [0, 0.1) is 6.92 Å². The highest BCUT2D eigenvalue weighted by molar-refractivity contribution is 7.13. The second-order valence-electron chi connectivity index (χ2n) is 4.65. The monoisotopic (exact) mass is 303 g/mol. The molecule has 0 fully saturated rings. The minimum Gasteiger partial charge on any atom is -0.383 e. The summed E-state index contributed by atoms with van der Waals surface area (Å²) in [5, 5.41) is 7.32. The van der Waals surface area contributed by atoms with Crippen LogP contribution in [0.3, 0.4) is 0 Å². The van der Waals surface area contributed by atoms with Gasteiger partial charge in [0.15, 0.2) is 0 Å². The lowest BCUT2D eigenvalue weighted by atomic mass is 10.0. The van der Waals surface area contributed by atoms with Crippen molar-refractivity contribution in [1.29, 1.82) is 0 Å². The number of rotatable bonds is 2. The van der Waals surface area contributed by atoms with E-state index in [1.165, 1.54) is 5.56 Å². The van der Waals surface area contributed by atoms with Crippen molar-refractivity contribution in [3.8, 4) is 21.7 Å². The van der Waals surface area contributed by atoms with Crippen molar-refractivity contribution in [3.63, 3.8) is 0 Å². The van der Waals surface area contributed by atoms with Crippen LogP contribution < -0.4 is 5.73 Å². The maximum atomic E-state index is 6.32. The molecular weight excluding hydrogens is 290 g/mol. The molecule has 0 aliphatic heterocycles. The molecule has 3 rings (SSSR count). The van der Waals surface area contributed by atoms with Gasteiger partial charge in [0, 0.05) is 17.6 Å². The molecule has 20 heavy (non-hydrogen) atoms. The third-order valence-electron chi connectivity index (χ3n) is 3.31. The van der Waals surface area contributed by atoms with E-state index in [-0.39, 0.29) is 0 Å². The number of aromatic nitrogens is 2. The quantitative estimate of drug-likeness (QED) is 0.764. The summed E-state index contributed by atoms with van der Waals surface area (Å²) >= 11 is 7.99. The lowest BCUT2D eigenvalue weighted by Gasteiger charge is -2.06. The zero-order chi connectivity index (χ0) is 14.3. The van der Waals surface area contributed by atoms with Gasteiger partial charge < -0.3 is 5.73 Å². The number of halogens is 1. The molecule has 0 saturated carbocycles. The summed E-state index contributed by atoms with van der Waals surface area (Å²) in [6.07, 6.45) is 0. The standard InChI is InChI=1S/C15H14ClN3S/c1-9-7-8-20-14(9)13-12(15(17)19(2)18-13)10-5-3-4-6-11(10)16/h3-8H,17H2,1-2H3. The number of nitrogen functional groups attached to an aromatic ring is 1. The summed E-state index contributed by atoms with van der Waals surface area (Å²) in [6.45, 7) is 2.08. The third kappa shape index (κ3) is 2.01. The Morgan fingerprint density at radius 1 is 1.25 bits per heavy atom. The molecule has 3 nitrogen and oxygen atoms in total. The molecular formula is C15H14ClN3S. The number of hydrogen-bond donors (Lipinski definition) is 1. The van der Waals surface area contributed by atoms with E-state index in [0.717, 1.165) is 21.7 Å². The largest absolute Gasteiger partial charge is 0.383 e. The Kier molecular flexibility index (Phi) is 3.28. The van der Waals surface area contributed by atoms with Crippen molar-refractivity contribution in [1.82, 2.24) is 9.78 Å². The fraction of sp³-hybridized carbons (Fsp3) is 0.133. The van der Waals surface area contributed by atoms with E-state index in [1.807, 2.05) is 31.3 Å². The lowest BCUT2D eigenvalue weighted by molar-refractivity contribution is 0.783. The van der Waals surface area contributed by atoms with Gasteiger partial charge in [0.2, 0.25) is 0 Å². The Labute approximate surface area is 126 Å². The van der Waals surface area contributed by atoms with Crippen molar-refractivity contribution >= 4 is 28.8 Å². The SMILES string of the molecule is Cc1ccsc1-c1nn(C)c(N)c1-c1ccccc1Cl. The van der Waals surface area contributed by atoms with E-state index < -0.39 is 0 Å². The zero-order valence-electron chi connectivity index (χ0n) is 11.2. The summed E-state index contributed by atoms with van der Waals surface area (Å²) in [5.74, 6) is 0.626. The van der Waals surface area contributed by atoms with E-state index in [2.05, 4.69) is 23.5 Å². The topological polar surface area (TPSA) is 43.8 Å². The van der Waals surface area contributed by atoms with Crippen LogP contribution in [0.1, 0.15) is 5.56 Å². The van der Waals surface area contributed by atoms with Crippen LogP contribution in [0.4, 0.5) is 5.82 Å². The number of hydrogen-bond acceptors (Lipinski definition) is 3. The van der Waals surface area contributed by atoms with Gasteiger partial charge in [-0.2, -0.15) is 5.10 Å². The predicted octanol–water partition coefficient (Wildman–Crippen LogP) is 4.36.